The van der Waals surface area contributed by atoms with Crippen LogP contribution in [0.1, 0.15) is 6.92 Å². The summed E-state index contributed by atoms with van der Waals surface area (Å²) in [6, 6.07) is 6.26. The van der Waals surface area contributed by atoms with E-state index in [1.54, 1.807) is 12.1 Å². The molecule has 0 spiro atoms. The summed E-state index contributed by atoms with van der Waals surface area (Å²) in [4.78, 5) is 21.4. The first-order valence-electron chi connectivity index (χ1n) is 3.96. The topological polar surface area (TPSA) is 60.2 Å². The first-order valence-corrected chi connectivity index (χ1v) is 4.95. The number of Topliss-reactive ketones (excluding diaryl/α,β-unsaturated/α-hetero) is 1. The first-order chi connectivity index (χ1) is 6.59. The maximum atomic E-state index is 10.7. The third kappa shape index (κ3) is 3.18. The van der Waals surface area contributed by atoms with Gasteiger partial charge in [-0.15, -0.1) is 11.8 Å². The van der Waals surface area contributed by atoms with Crippen molar-refractivity contribution in [1.29, 1.82) is 0 Å². The van der Waals surface area contributed by atoms with E-state index in [9.17, 15) is 14.9 Å². The van der Waals surface area contributed by atoms with E-state index in [2.05, 4.69) is 0 Å². The van der Waals surface area contributed by atoms with Gasteiger partial charge in [0.25, 0.3) is 5.69 Å². The molecule has 0 N–H and O–H groups in total. The Balaban J connectivity index is 2.73. The van der Waals surface area contributed by atoms with Crippen LogP contribution in [-0.4, -0.2) is 16.5 Å². The Labute approximate surface area is 85.5 Å². The number of benzene rings is 1. The molecule has 0 amide bonds. The number of rotatable bonds is 4. The fraction of sp³-hybridized carbons (Fsp3) is 0.222. The third-order valence-corrected chi connectivity index (χ3v) is 2.61. The van der Waals surface area contributed by atoms with Crippen molar-refractivity contribution in [3.63, 3.8) is 0 Å². The molecule has 4 nitrogen and oxygen atoms in total. The number of nitro benzene ring substituents is 1. The van der Waals surface area contributed by atoms with Crippen molar-refractivity contribution in [2.45, 2.75) is 11.8 Å². The average molecular weight is 211 g/mol. The van der Waals surface area contributed by atoms with Crippen molar-refractivity contribution in [1.82, 2.24) is 0 Å². The lowest BCUT2D eigenvalue weighted by molar-refractivity contribution is -0.385. The molecule has 0 saturated heterocycles. The van der Waals surface area contributed by atoms with Crippen LogP contribution in [0.25, 0.3) is 0 Å². The highest BCUT2D eigenvalue weighted by Crippen LogP contribution is 2.22. The van der Waals surface area contributed by atoms with Crippen LogP contribution in [0.2, 0.25) is 0 Å². The number of thioether (sulfide) groups is 1. The number of carbonyl (C=O) groups is 1. The van der Waals surface area contributed by atoms with E-state index in [0.29, 0.717) is 5.75 Å². The molecule has 1 rings (SSSR count). The lowest BCUT2D eigenvalue weighted by Crippen LogP contribution is -1.93. The van der Waals surface area contributed by atoms with Crippen molar-refractivity contribution in [3.8, 4) is 0 Å². The molecular weight excluding hydrogens is 202 g/mol. The summed E-state index contributed by atoms with van der Waals surface area (Å²) in [5, 5.41) is 10.4. The van der Waals surface area contributed by atoms with Crippen molar-refractivity contribution in [3.05, 3.63) is 34.4 Å². The van der Waals surface area contributed by atoms with Gasteiger partial charge in [-0.25, -0.2) is 0 Å². The normalized spacial score (nSPS) is 9.79. The summed E-state index contributed by atoms with van der Waals surface area (Å²) >= 11 is 1.31. The van der Waals surface area contributed by atoms with E-state index in [4.69, 9.17) is 0 Å². The smallest absolute Gasteiger partial charge is 0.270 e. The highest BCUT2D eigenvalue weighted by Gasteiger charge is 2.06. The van der Waals surface area contributed by atoms with Crippen molar-refractivity contribution >= 4 is 23.2 Å². The second-order valence-corrected chi connectivity index (χ2v) is 3.79. The van der Waals surface area contributed by atoms with Crippen molar-refractivity contribution in [2.24, 2.45) is 0 Å². The molecule has 0 aromatic heterocycles. The van der Waals surface area contributed by atoms with Gasteiger partial charge in [-0.2, -0.15) is 0 Å². The number of nitrogens with zero attached hydrogens (tertiary/aromatic N) is 1. The fourth-order valence-electron chi connectivity index (χ4n) is 0.872. The van der Waals surface area contributed by atoms with Crippen LogP contribution >= 0.6 is 11.8 Å². The molecule has 0 atom stereocenters. The van der Waals surface area contributed by atoms with Crippen LogP contribution in [0, 0.1) is 10.1 Å². The zero-order valence-corrected chi connectivity index (χ0v) is 8.41. The number of nitro groups is 1. The summed E-state index contributed by atoms with van der Waals surface area (Å²) < 4.78 is 0. The highest BCUT2D eigenvalue weighted by atomic mass is 32.2. The Bertz CT molecular complexity index is 365. The summed E-state index contributed by atoms with van der Waals surface area (Å²) in [7, 11) is 0. The lowest BCUT2D eigenvalue weighted by atomic mass is 10.3. The number of ketones is 1. The van der Waals surface area contributed by atoms with E-state index >= 15 is 0 Å². The van der Waals surface area contributed by atoms with E-state index in [1.165, 1.54) is 30.8 Å². The maximum Gasteiger partial charge on any atom is 0.270 e. The summed E-state index contributed by atoms with van der Waals surface area (Å²) in [5.41, 5.74) is 0.0542. The van der Waals surface area contributed by atoms with Gasteiger partial charge in [0.1, 0.15) is 5.78 Å². The lowest BCUT2D eigenvalue weighted by Gasteiger charge is -1.98. The van der Waals surface area contributed by atoms with Gasteiger partial charge in [0.05, 0.1) is 10.7 Å². The monoisotopic (exact) mass is 211 g/mol. The molecule has 0 fully saturated rings. The highest BCUT2D eigenvalue weighted by molar-refractivity contribution is 8.00. The van der Waals surface area contributed by atoms with Crippen LogP contribution in [0.15, 0.2) is 29.2 Å². The van der Waals surface area contributed by atoms with Crippen LogP contribution < -0.4 is 0 Å². The Morgan fingerprint density at radius 3 is 2.86 bits per heavy atom. The molecule has 0 aliphatic rings. The number of carbonyl (C=O) groups excluding carboxylic acids is 1. The second-order valence-electron chi connectivity index (χ2n) is 2.75. The minimum absolute atomic E-state index is 0.0542. The van der Waals surface area contributed by atoms with Crippen molar-refractivity contribution in [2.75, 3.05) is 5.75 Å². The summed E-state index contributed by atoms with van der Waals surface area (Å²) in [6.07, 6.45) is 0. The average Bonchev–Trinajstić information content (AvgIpc) is 2.15. The zero-order chi connectivity index (χ0) is 10.6. The molecule has 1 aromatic carbocycles. The number of hydrogen-bond acceptors (Lipinski definition) is 4. The standard InChI is InChI=1S/C9H9NO3S/c1-7(11)6-14-9-4-2-3-8(5-9)10(12)13/h2-5H,6H2,1H3. The Morgan fingerprint density at radius 2 is 2.29 bits per heavy atom. The largest absolute Gasteiger partial charge is 0.299 e. The number of non-ortho nitro benzene ring substituents is 1. The zero-order valence-electron chi connectivity index (χ0n) is 7.60. The SMILES string of the molecule is CC(=O)CSc1cccc([N+](=O)[O-])c1. The quantitative estimate of drug-likeness (QED) is 0.435. The minimum Gasteiger partial charge on any atom is -0.299 e. The summed E-state index contributed by atoms with van der Waals surface area (Å²) in [6.45, 7) is 1.49. The van der Waals surface area contributed by atoms with Crippen LogP contribution in [-0.2, 0) is 4.79 Å². The van der Waals surface area contributed by atoms with Crippen LogP contribution in [0.4, 0.5) is 5.69 Å². The Morgan fingerprint density at radius 1 is 1.57 bits per heavy atom. The van der Waals surface area contributed by atoms with Gasteiger partial charge < -0.3 is 0 Å². The first kappa shape index (κ1) is 10.7. The van der Waals surface area contributed by atoms with E-state index in [0.717, 1.165) is 4.90 Å². The molecule has 74 valence electrons. The minimum atomic E-state index is -0.447. The molecule has 5 heteroatoms. The molecule has 14 heavy (non-hydrogen) atoms. The Hall–Kier alpha value is -1.36. The Kier molecular flexibility index (Phi) is 3.64. The maximum absolute atomic E-state index is 10.7. The van der Waals surface area contributed by atoms with Gasteiger partial charge in [-0.3, -0.25) is 14.9 Å². The molecule has 0 bridgehead atoms. The van der Waals surface area contributed by atoms with Crippen LogP contribution in [0.3, 0.4) is 0 Å². The molecule has 0 aliphatic heterocycles. The van der Waals surface area contributed by atoms with Crippen molar-refractivity contribution < 1.29 is 9.72 Å². The fourth-order valence-corrected chi connectivity index (χ4v) is 1.62. The second kappa shape index (κ2) is 4.76. The predicted octanol–water partition coefficient (Wildman–Crippen LogP) is 2.28. The molecule has 0 saturated carbocycles. The predicted molar refractivity (Wildman–Crippen MR) is 54.5 cm³/mol. The summed E-state index contributed by atoms with van der Waals surface area (Å²) in [5.74, 6) is 0.405. The van der Waals surface area contributed by atoms with Gasteiger partial charge in [0.15, 0.2) is 0 Å². The number of hydrogen-bond donors (Lipinski definition) is 0. The van der Waals surface area contributed by atoms with Gasteiger partial charge in [0.2, 0.25) is 0 Å². The molecular formula is C9H9NO3S. The van der Waals surface area contributed by atoms with E-state index in [1.807, 2.05) is 0 Å². The van der Waals surface area contributed by atoms with E-state index < -0.39 is 4.92 Å². The van der Waals surface area contributed by atoms with Crippen LogP contribution in [0.5, 0.6) is 0 Å². The molecule has 0 aliphatic carbocycles. The molecule has 1 aromatic rings. The third-order valence-electron chi connectivity index (χ3n) is 1.47. The van der Waals surface area contributed by atoms with Gasteiger partial charge in [-0.1, -0.05) is 6.07 Å². The van der Waals surface area contributed by atoms with E-state index in [-0.39, 0.29) is 11.5 Å². The van der Waals surface area contributed by atoms with Gasteiger partial charge >= 0.3 is 0 Å². The van der Waals surface area contributed by atoms with Gasteiger partial charge in [0, 0.05) is 17.0 Å². The molecule has 0 radical (unpaired) electrons. The molecule has 0 unspecified atom stereocenters. The molecule has 0 heterocycles. The van der Waals surface area contributed by atoms with Gasteiger partial charge in [-0.05, 0) is 13.0 Å².